The van der Waals surface area contributed by atoms with Gasteiger partial charge < -0.3 is 8.94 Å². The number of rotatable bonds is 3. The zero-order chi connectivity index (χ0) is 8.27. The van der Waals surface area contributed by atoms with Gasteiger partial charge in [0, 0.05) is 9.41 Å². The van der Waals surface area contributed by atoms with Gasteiger partial charge in [-0.1, -0.05) is 0 Å². The highest BCUT2D eigenvalue weighted by Crippen LogP contribution is 2.15. The second-order valence-electron chi connectivity index (χ2n) is 1.76. The summed E-state index contributed by atoms with van der Waals surface area (Å²) in [6, 6.07) is 0. The molecule has 1 heterocycles. The summed E-state index contributed by atoms with van der Waals surface area (Å²) in [4.78, 5) is 3.82. The molecule has 56 valence electrons. The number of halogens is 1. The first-order chi connectivity index (χ1) is 5.24. The summed E-state index contributed by atoms with van der Waals surface area (Å²) in [6.45, 7) is 2.05. The summed E-state index contributed by atoms with van der Waals surface area (Å²) in [5, 5.41) is 0.120. The zero-order valence-corrected chi connectivity index (χ0v) is 7.10. The fourth-order valence-electron chi connectivity index (χ4n) is 0.592. The predicted molar refractivity (Wildman–Crippen MR) is 40.7 cm³/mol. The van der Waals surface area contributed by atoms with Crippen LogP contribution in [-0.4, -0.2) is 6.26 Å². The Hall–Kier alpha value is -0.110. The van der Waals surface area contributed by atoms with Crippen LogP contribution in [0.4, 0.5) is 0 Å². The molecule has 3 nitrogen and oxygen atoms in total. The van der Waals surface area contributed by atoms with Gasteiger partial charge in [0.2, 0.25) is 0 Å². The van der Waals surface area contributed by atoms with Crippen LogP contribution in [0.2, 0.25) is 5.35 Å². The van der Waals surface area contributed by atoms with Gasteiger partial charge in [-0.15, -0.1) is 0 Å². The smallest absolute Gasteiger partial charge is 0.292 e. The van der Waals surface area contributed by atoms with Crippen LogP contribution in [0.25, 0.3) is 0 Å². The van der Waals surface area contributed by atoms with E-state index in [4.69, 9.17) is 21.8 Å². The van der Waals surface area contributed by atoms with E-state index in [1.54, 1.807) is 6.92 Å². The maximum Gasteiger partial charge on any atom is 0.292 e. The molecule has 1 unspecified atom stereocenters. The van der Waals surface area contributed by atoms with E-state index in [0.29, 0.717) is 11.5 Å². The van der Waals surface area contributed by atoms with Gasteiger partial charge >= 0.3 is 0 Å². The molecule has 0 fully saturated rings. The fraction of sp³-hybridized carbons (Fsp3) is 0.400. The minimum atomic E-state index is -0.292. The molecule has 0 spiro atoms. The van der Waals surface area contributed by atoms with E-state index in [1.165, 1.54) is 0 Å². The van der Waals surface area contributed by atoms with Crippen LogP contribution in [0.15, 0.2) is 4.42 Å². The number of aromatic nitrogens is 1. The molecule has 0 aliphatic heterocycles. The molecule has 0 aromatic carbocycles. The van der Waals surface area contributed by atoms with E-state index < -0.39 is 0 Å². The molecule has 0 amide bonds. The van der Waals surface area contributed by atoms with Crippen LogP contribution in [0.5, 0.6) is 0 Å². The summed E-state index contributed by atoms with van der Waals surface area (Å²) >= 11 is 5.47. The highest BCUT2D eigenvalue weighted by atomic mass is 35.5. The molecular formula is C5H7ClNO2P. The lowest BCUT2D eigenvalue weighted by Crippen LogP contribution is -1.82. The van der Waals surface area contributed by atoms with Gasteiger partial charge in [0.25, 0.3) is 5.35 Å². The molecular weight excluding hydrogens is 172 g/mol. The van der Waals surface area contributed by atoms with E-state index in [2.05, 4.69) is 4.98 Å². The Morgan fingerprint density at radius 2 is 2.80 bits per heavy atom. The number of nitrogens with zero attached hydrogens (tertiary/aromatic N) is 1. The summed E-state index contributed by atoms with van der Waals surface area (Å²) in [6.07, 6.45) is 0. The third kappa shape index (κ3) is 1.69. The summed E-state index contributed by atoms with van der Waals surface area (Å²) in [5.41, 5.74) is 0.716. The Morgan fingerprint density at radius 3 is 3.30 bits per heavy atom. The topological polar surface area (TPSA) is 35.3 Å². The molecule has 1 atom stereocenters. The van der Waals surface area contributed by atoms with Crippen LogP contribution in [0.1, 0.15) is 11.5 Å². The van der Waals surface area contributed by atoms with Crippen molar-refractivity contribution >= 4 is 21.0 Å². The highest BCUT2D eigenvalue weighted by molar-refractivity contribution is 7.09. The minimum Gasteiger partial charge on any atom is -0.430 e. The van der Waals surface area contributed by atoms with Crippen LogP contribution in [0, 0.1) is 6.92 Å². The summed E-state index contributed by atoms with van der Waals surface area (Å²) in [5.74, 6) is 0.592. The molecule has 1 aromatic heterocycles. The number of aryl methyl sites for hydroxylation is 1. The fourth-order valence-corrected chi connectivity index (χ4v) is 0.943. The van der Waals surface area contributed by atoms with Gasteiger partial charge in [-0.05, 0) is 18.5 Å². The van der Waals surface area contributed by atoms with Gasteiger partial charge in [0.05, 0.1) is 6.97 Å². The summed E-state index contributed by atoms with van der Waals surface area (Å²) < 4.78 is 16.5. The highest BCUT2D eigenvalue weighted by Gasteiger charge is 2.05. The van der Waals surface area contributed by atoms with E-state index in [-0.39, 0.29) is 21.4 Å². The first-order valence-corrected chi connectivity index (χ1v) is 3.43. The van der Waals surface area contributed by atoms with Crippen molar-refractivity contribution < 1.29 is 8.94 Å². The third-order valence-corrected chi connectivity index (χ3v) is 1.38. The quantitative estimate of drug-likeness (QED) is 0.669. The molecule has 0 N–H and O–H groups in total. The standard InChI is InChI=1S/C5H7ClNO2P/c1-3-4(2-8-10)9-5(6)7-3/h2,10H2,1H3/i10T. The molecule has 10 heavy (non-hydrogen) atoms. The van der Waals surface area contributed by atoms with Crippen molar-refractivity contribution in [2.45, 2.75) is 13.5 Å². The van der Waals surface area contributed by atoms with Gasteiger partial charge in [0.1, 0.15) is 6.61 Å². The second kappa shape index (κ2) is 3.33. The van der Waals surface area contributed by atoms with Gasteiger partial charge in [-0.2, -0.15) is 0 Å². The van der Waals surface area contributed by atoms with Crippen molar-refractivity contribution in [3.05, 3.63) is 16.8 Å². The average molecular weight is 182 g/mol. The Labute approximate surface area is 67.3 Å². The zero-order valence-electron chi connectivity index (χ0n) is 6.35. The lowest BCUT2D eigenvalue weighted by molar-refractivity contribution is 0.311. The second-order valence-corrected chi connectivity index (χ2v) is 2.38. The molecule has 0 bridgehead atoms. The Morgan fingerprint density at radius 1 is 2.00 bits per heavy atom. The van der Waals surface area contributed by atoms with Crippen molar-refractivity contribution in [3.8, 4) is 0 Å². The summed E-state index contributed by atoms with van der Waals surface area (Å²) in [7, 11) is -0.292. The Kier molecular flexibility index (Phi) is 2.20. The van der Waals surface area contributed by atoms with E-state index in [1.807, 2.05) is 0 Å². The van der Waals surface area contributed by atoms with Crippen LogP contribution >= 0.6 is 21.0 Å². The van der Waals surface area contributed by atoms with Crippen molar-refractivity contribution in [1.82, 2.24) is 4.98 Å². The number of oxazole rings is 1. The lowest BCUT2D eigenvalue weighted by Gasteiger charge is -1.91. The molecule has 1 aromatic rings. The maximum absolute atomic E-state index is 6.74. The van der Waals surface area contributed by atoms with Crippen molar-refractivity contribution in [1.29, 1.82) is 1.28 Å². The molecule has 0 radical (unpaired) electrons. The van der Waals surface area contributed by atoms with Crippen LogP contribution < -0.4 is 0 Å². The first-order valence-electron chi connectivity index (χ1n) is 3.14. The lowest BCUT2D eigenvalue weighted by atomic mass is 10.4. The molecule has 0 aliphatic carbocycles. The third-order valence-electron chi connectivity index (χ3n) is 1.07. The average Bonchev–Trinajstić information content (AvgIpc) is 2.26. The predicted octanol–water partition coefficient (Wildman–Crippen LogP) is 1.94. The maximum atomic E-state index is 6.74. The van der Waals surface area contributed by atoms with Crippen molar-refractivity contribution in [2.75, 3.05) is 0 Å². The van der Waals surface area contributed by atoms with Crippen LogP contribution in [0.3, 0.4) is 0 Å². The van der Waals surface area contributed by atoms with Gasteiger partial charge in [-0.25, -0.2) is 4.98 Å². The molecule has 0 saturated carbocycles. The Balaban J connectivity index is 2.62. The monoisotopic (exact) mass is 181 g/mol. The first kappa shape index (κ1) is 6.59. The molecule has 1 rings (SSSR count). The number of hydrogen-bond acceptors (Lipinski definition) is 3. The number of hydrogen-bond donors (Lipinski definition) is 0. The van der Waals surface area contributed by atoms with E-state index in [9.17, 15) is 0 Å². The largest absolute Gasteiger partial charge is 0.430 e. The van der Waals surface area contributed by atoms with Gasteiger partial charge in [-0.3, -0.25) is 0 Å². The van der Waals surface area contributed by atoms with E-state index >= 15 is 0 Å². The minimum absolute atomic E-state index is 0.120. The van der Waals surface area contributed by atoms with Crippen molar-refractivity contribution in [2.24, 2.45) is 0 Å². The Bertz CT molecular complexity index is 242. The SMILES string of the molecule is [3H]POCc1oc(Cl)nc1C. The van der Waals surface area contributed by atoms with Gasteiger partial charge in [0.15, 0.2) is 5.76 Å². The molecule has 5 heteroatoms. The normalized spacial score (nSPS) is 12.8. The van der Waals surface area contributed by atoms with Crippen LogP contribution in [-0.2, 0) is 11.1 Å². The van der Waals surface area contributed by atoms with E-state index in [0.717, 1.165) is 0 Å². The molecule has 0 saturated heterocycles. The van der Waals surface area contributed by atoms with Crippen molar-refractivity contribution in [3.63, 3.8) is 0 Å². The molecule has 0 aliphatic rings.